The maximum atomic E-state index is 13.7. The minimum absolute atomic E-state index is 0.223. The Morgan fingerprint density at radius 2 is 1.53 bits per heavy atom. The molecule has 0 unspecified atom stereocenters. The fourth-order valence-electron chi connectivity index (χ4n) is 5.42. The van der Waals surface area contributed by atoms with Crippen LogP contribution in [0.4, 0.5) is 5.69 Å². The van der Waals surface area contributed by atoms with Gasteiger partial charge in [0.1, 0.15) is 6.54 Å². The third kappa shape index (κ3) is 3.87. The fraction of sp³-hybridized carbons (Fsp3) is 0.241. The highest BCUT2D eigenvalue weighted by molar-refractivity contribution is 6.26. The van der Waals surface area contributed by atoms with Gasteiger partial charge >= 0.3 is 0 Å². The van der Waals surface area contributed by atoms with Crippen LogP contribution in [0.5, 0.6) is 0 Å². The van der Waals surface area contributed by atoms with E-state index in [0.717, 1.165) is 28.0 Å². The lowest BCUT2D eigenvalue weighted by atomic mass is 9.98. The standard InChI is InChI=1S/C29H26N6O3/c1-18-10-9-11-19(2)26(18)34-28(37)25-27(29(34)38)33(32-30-25)17-24(36)35-23(21-14-7-4-8-15-21)16-22(31-35)20-12-5-3-6-13-20/h3-15,23,25,27H,16-17H2,1-2H3/t23-,25-,27-/m1/s1. The molecule has 0 saturated carbocycles. The summed E-state index contributed by atoms with van der Waals surface area (Å²) in [6.45, 7) is 3.50. The maximum Gasteiger partial charge on any atom is 0.264 e. The zero-order chi connectivity index (χ0) is 26.4. The average Bonchev–Trinajstić information content (AvgIpc) is 3.62. The molecule has 1 fully saturated rings. The predicted molar refractivity (Wildman–Crippen MR) is 141 cm³/mol. The molecule has 3 atom stereocenters. The molecule has 3 aromatic rings. The Morgan fingerprint density at radius 3 is 2.21 bits per heavy atom. The largest absolute Gasteiger partial charge is 0.271 e. The minimum atomic E-state index is -0.971. The van der Waals surface area contributed by atoms with Gasteiger partial charge < -0.3 is 0 Å². The summed E-state index contributed by atoms with van der Waals surface area (Å²) >= 11 is 0. The number of anilines is 1. The molecule has 3 aliphatic rings. The second-order valence-electron chi connectivity index (χ2n) is 9.73. The van der Waals surface area contributed by atoms with Crippen molar-refractivity contribution in [2.24, 2.45) is 15.4 Å². The second kappa shape index (κ2) is 9.33. The van der Waals surface area contributed by atoms with Crippen molar-refractivity contribution in [3.63, 3.8) is 0 Å². The van der Waals surface area contributed by atoms with Crippen LogP contribution in [0.1, 0.15) is 34.7 Å². The monoisotopic (exact) mass is 506 g/mol. The first-order valence-electron chi connectivity index (χ1n) is 12.6. The normalized spacial score (nSPS) is 22.3. The summed E-state index contributed by atoms with van der Waals surface area (Å²) in [6, 6.07) is 22.9. The van der Waals surface area contributed by atoms with Gasteiger partial charge in [0.05, 0.1) is 17.4 Å². The Kier molecular flexibility index (Phi) is 5.83. The highest BCUT2D eigenvalue weighted by Gasteiger charge is 2.55. The van der Waals surface area contributed by atoms with Gasteiger partial charge in [-0.15, -0.1) is 0 Å². The molecule has 3 amide bonds. The molecule has 9 heteroatoms. The van der Waals surface area contributed by atoms with E-state index in [0.29, 0.717) is 12.1 Å². The molecular formula is C29H26N6O3. The van der Waals surface area contributed by atoms with Gasteiger partial charge in [0.15, 0.2) is 12.1 Å². The van der Waals surface area contributed by atoms with E-state index in [1.807, 2.05) is 92.7 Å². The first kappa shape index (κ1) is 23.7. The molecule has 0 radical (unpaired) electrons. The molecule has 190 valence electrons. The van der Waals surface area contributed by atoms with Crippen molar-refractivity contribution >= 4 is 29.1 Å². The summed E-state index contributed by atoms with van der Waals surface area (Å²) in [5, 5.41) is 15.7. The molecule has 0 N–H and O–H groups in total. The molecule has 1 saturated heterocycles. The van der Waals surface area contributed by atoms with Crippen molar-refractivity contribution in [1.82, 2.24) is 10.0 Å². The fourth-order valence-corrected chi connectivity index (χ4v) is 5.42. The van der Waals surface area contributed by atoms with E-state index in [2.05, 4.69) is 10.3 Å². The SMILES string of the molecule is Cc1cccc(C)c1N1C(=O)[C@@H]2N=NN(CC(=O)N3N=C(c4ccccc4)C[C@@H]3c3ccccc3)[C@H]2C1=O. The first-order chi connectivity index (χ1) is 18.4. The van der Waals surface area contributed by atoms with Crippen LogP contribution in [0.15, 0.2) is 94.3 Å². The van der Waals surface area contributed by atoms with Gasteiger partial charge in [0.2, 0.25) is 0 Å². The van der Waals surface area contributed by atoms with Crippen LogP contribution in [-0.2, 0) is 14.4 Å². The molecule has 0 aliphatic carbocycles. The highest BCUT2D eigenvalue weighted by Crippen LogP contribution is 2.36. The lowest BCUT2D eigenvalue weighted by Crippen LogP contribution is -2.45. The highest BCUT2D eigenvalue weighted by atomic mass is 16.2. The molecule has 0 aromatic heterocycles. The molecular weight excluding hydrogens is 480 g/mol. The third-order valence-electron chi connectivity index (χ3n) is 7.28. The number of hydrogen-bond acceptors (Lipinski definition) is 7. The van der Waals surface area contributed by atoms with E-state index >= 15 is 0 Å². The molecule has 0 bridgehead atoms. The number of fused-ring (bicyclic) bond motifs is 1. The van der Waals surface area contributed by atoms with Crippen LogP contribution >= 0.6 is 0 Å². The van der Waals surface area contributed by atoms with E-state index in [1.165, 1.54) is 14.9 Å². The van der Waals surface area contributed by atoms with Crippen LogP contribution in [0.3, 0.4) is 0 Å². The van der Waals surface area contributed by atoms with Crippen molar-refractivity contribution in [1.29, 1.82) is 0 Å². The van der Waals surface area contributed by atoms with Crippen molar-refractivity contribution in [2.75, 3.05) is 11.4 Å². The number of rotatable bonds is 5. The number of hydrogen-bond donors (Lipinski definition) is 0. The van der Waals surface area contributed by atoms with Crippen LogP contribution in [0, 0.1) is 13.8 Å². The lowest BCUT2D eigenvalue weighted by Gasteiger charge is -2.26. The van der Waals surface area contributed by atoms with Crippen molar-refractivity contribution in [2.45, 2.75) is 38.4 Å². The number of nitrogens with zero attached hydrogens (tertiary/aromatic N) is 6. The molecule has 3 aliphatic heterocycles. The van der Waals surface area contributed by atoms with Gasteiger partial charge in [-0.3, -0.25) is 19.4 Å². The topological polar surface area (TPSA) is 98.0 Å². The molecule has 0 spiro atoms. The molecule has 3 aromatic carbocycles. The summed E-state index contributed by atoms with van der Waals surface area (Å²) in [6.07, 6.45) is 0.561. The van der Waals surface area contributed by atoms with Crippen LogP contribution in [0.2, 0.25) is 0 Å². The van der Waals surface area contributed by atoms with Crippen molar-refractivity contribution in [3.05, 3.63) is 101 Å². The van der Waals surface area contributed by atoms with Crippen LogP contribution in [0.25, 0.3) is 0 Å². The Hall–Kier alpha value is -4.66. The van der Waals surface area contributed by atoms with Crippen LogP contribution in [-0.4, -0.2) is 52.1 Å². The number of benzene rings is 3. The second-order valence-corrected chi connectivity index (χ2v) is 9.73. The molecule has 3 heterocycles. The van der Waals surface area contributed by atoms with Gasteiger partial charge in [0.25, 0.3) is 17.7 Å². The van der Waals surface area contributed by atoms with Crippen molar-refractivity contribution < 1.29 is 14.4 Å². The molecule has 6 rings (SSSR count). The van der Waals surface area contributed by atoms with Gasteiger partial charge in [-0.05, 0) is 36.1 Å². The number of aryl methyl sites for hydroxylation is 2. The number of imide groups is 1. The van der Waals surface area contributed by atoms with E-state index in [4.69, 9.17) is 5.10 Å². The van der Waals surface area contributed by atoms with Gasteiger partial charge in [0, 0.05) is 6.42 Å². The van der Waals surface area contributed by atoms with Gasteiger partial charge in [-0.25, -0.2) is 9.91 Å². The number of amides is 3. The Labute approximate surface area is 220 Å². The number of carbonyl (C=O) groups is 3. The molecule has 38 heavy (non-hydrogen) atoms. The smallest absolute Gasteiger partial charge is 0.264 e. The van der Waals surface area contributed by atoms with E-state index < -0.39 is 23.9 Å². The van der Waals surface area contributed by atoms with E-state index in [-0.39, 0.29) is 18.5 Å². The van der Waals surface area contributed by atoms with E-state index in [9.17, 15) is 14.4 Å². The quantitative estimate of drug-likeness (QED) is 0.489. The summed E-state index contributed by atoms with van der Waals surface area (Å²) in [5.41, 5.74) is 4.92. The minimum Gasteiger partial charge on any atom is -0.271 e. The van der Waals surface area contributed by atoms with Gasteiger partial charge in [-0.2, -0.15) is 10.2 Å². The number of hydrazone groups is 1. The number of para-hydroxylation sites is 1. The zero-order valence-corrected chi connectivity index (χ0v) is 21.1. The average molecular weight is 507 g/mol. The maximum absolute atomic E-state index is 13.7. The lowest BCUT2D eigenvalue weighted by molar-refractivity contribution is -0.135. The predicted octanol–water partition coefficient (Wildman–Crippen LogP) is 3.97. The zero-order valence-electron chi connectivity index (χ0n) is 21.1. The third-order valence-corrected chi connectivity index (χ3v) is 7.28. The summed E-state index contributed by atoms with van der Waals surface area (Å²) in [4.78, 5) is 41.6. The van der Waals surface area contributed by atoms with Crippen molar-refractivity contribution in [3.8, 4) is 0 Å². The Balaban J connectivity index is 1.27. The number of carbonyl (C=O) groups excluding carboxylic acids is 3. The summed E-state index contributed by atoms with van der Waals surface area (Å²) in [5.74, 6) is -1.18. The molecule has 9 nitrogen and oxygen atoms in total. The summed E-state index contributed by atoms with van der Waals surface area (Å²) in [7, 11) is 0. The van der Waals surface area contributed by atoms with Gasteiger partial charge in [-0.1, -0.05) is 84.1 Å². The Morgan fingerprint density at radius 1 is 0.868 bits per heavy atom. The van der Waals surface area contributed by atoms with E-state index in [1.54, 1.807) is 0 Å². The van der Waals surface area contributed by atoms with Crippen LogP contribution < -0.4 is 4.90 Å². The first-order valence-corrected chi connectivity index (χ1v) is 12.6. The summed E-state index contributed by atoms with van der Waals surface area (Å²) < 4.78 is 0. The Bertz CT molecular complexity index is 1470.